The first-order valence-electron chi connectivity index (χ1n) is 10.3. The molecule has 5 rings (SSSR count). The van der Waals surface area contributed by atoms with Crippen LogP contribution in [0.15, 0.2) is 42.7 Å². The first-order chi connectivity index (χ1) is 14.6. The number of rotatable bonds is 3. The molecule has 0 aliphatic carbocycles. The van der Waals surface area contributed by atoms with Crippen LogP contribution in [-0.2, 0) is 11.2 Å². The number of aryl methyl sites for hydroxylation is 1. The molecule has 4 aromatic rings. The summed E-state index contributed by atoms with van der Waals surface area (Å²) in [5.41, 5.74) is 5.56. The van der Waals surface area contributed by atoms with E-state index in [4.69, 9.17) is 9.72 Å². The minimum atomic E-state index is 0.203. The molecule has 0 saturated carbocycles. The molecule has 6 nitrogen and oxygen atoms in total. The molecule has 2 atom stereocenters. The highest BCUT2D eigenvalue weighted by atomic mass is 16.5. The van der Waals surface area contributed by atoms with Crippen molar-refractivity contribution in [2.75, 3.05) is 6.61 Å². The van der Waals surface area contributed by atoms with Crippen molar-refractivity contribution in [2.45, 2.75) is 45.3 Å². The summed E-state index contributed by atoms with van der Waals surface area (Å²) in [5.74, 6) is 0.983. The average molecular weight is 397 g/mol. The number of nitriles is 1. The van der Waals surface area contributed by atoms with Crippen LogP contribution >= 0.6 is 0 Å². The predicted molar refractivity (Wildman–Crippen MR) is 115 cm³/mol. The highest BCUT2D eigenvalue weighted by Crippen LogP contribution is 2.34. The lowest BCUT2D eigenvalue weighted by Crippen LogP contribution is -2.26. The van der Waals surface area contributed by atoms with E-state index in [1.165, 1.54) is 0 Å². The smallest absolute Gasteiger partial charge is 0.116 e. The van der Waals surface area contributed by atoms with Crippen LogP contribution in [0.3, 0.4) is 0 Å². The van der Waals surface area contributed by atoms with Gasteiger partial charge in [0.1, 0.15) is 11.3 Å². The first-order valence-corrected chi connectivity index (χ1v) is 10.3. The molecule has 0 spiro atoms. The Morgan fingerprint density at radius 2 is 2.07 bits per heavy atom. The van der Waals surface area contributed by atoms with Gasteiger partial charge in [0.25, 0.3) is 0 Å². The normalized spacial score (nSPS) is 19.2. The zero-order valence-corrected chi connectivity index (χ0v) is 17.2. The molecule has 0 amide bonds. The minimum absolute atomic E-state index is 0.203. The average Bonchev–Trinajstić information content (AvgIpc) is 3.13. The zero-order valence-electron chi connectivity index (χ0n) is 17.2. The van der Waals surface area contributed by atoms with Gasteiger partial charge in [-0.05, 0) is 56.5 Å². The largest absolute Gasteiger partial charge is 0.378 e. The lowest BCUT2D eigenvalue weighted by atomic mass is 10.0. The third kappa shape index (κ3) is 3.31. The van der Waals surface area contributed by atoms with Crippen LogP contribution in [0.25, 0.3) is 21.9 Å². The van der Waals surface area contributed by atoms with Crippen molar-refractivity contribution >= 4 is 21.9 Å². The Labute approximate surface area is 175 Å². The monoisotopic (exact) mass is 397 g/mol. The Morgan fingerprint density at radius 3 is 2.83 bits per heavy atom. The number of hydrogen-bond donors (Lipinski definition) is 0. The number of pyridine rings is 2. The highest BCUT2D eigenvalue weighted by molar-refractivity contribution is 6.02. The number of imidazole rings is 1. The van der Waals surface area contributed by atoms with Gasteiger partial charge in [-0.1, -0.05) is 6.07 Å². The molecule has 1 aliphatic rings. The second-order valence-corrected chi connectivity index (χ2v) is 8.10. The fraction of sp³-hybridized carbons (Fsp3) is 0.333. The number of ether oxygens (including phenoxy) is 1. The molecule has 0 bridgehead atoms. The maximum absolute atomic E-state index is 9.43. The van der Waals surface area contributed by atoms with Gasteiger partial charge in [-0.25, -0.2) is 4.98 Å². The predicted octanol–water partition coefficient (Wildman–Crippen LogP) is 4.49. The molecule has 150 valence electrons. The molecular weight excluding hydrogens is 374 g/mol. The van der Waals surface area contributed by atoms with E-state index in [0.717, 1.165) is 58.5 Å². The maximum atomic E-state index is 9.43. The van der Waals surface area contributed by atoms with Gasteiger partial charge in [-0.3, -0.25) is 9.97 Å². The second kappa shape index (κ2) is 7.51. The molecule has 6 heteroatoms. The van der Waals surface area contributed by atoms with Crippen LogP contribution < -0.4 is 0 Å². The molecule has 1 aliphatic heterocycles. The van der Waals surface area contributed by atoms with Crippen LogP contribution in [0.1, 0.15) is 48.5 Å². The quantitative estimate of drug-likeness (QED) is 0.509. The molecule has 0 N–H and O–H groups in total. The number of fused-ring (bicyclic) bond motifs is 3. The van der Waals surface area contributed by atoms with E-state index in [0.29, 0.717) is 12.0 Å². The van der Waals surface area contributed by atoms with Gasteiger partial charge in [0.2, 0.25) is 0 Å². The van der Waals surface area contributed by atoms with Crippen LogP contribution in [0.4, 0.5) is 0 Å². The van der Waals surface area contributed by atoms with E-state index in [1.807, 2.05) is 37.5 Å². The second-order valence-electron chi connectivity index (χ2n) is 8.10. The molecule has 4 heterocycles. The molecule has 1 aromatic carbocycles. The molecule has 1 fully saturated rings. The summed E-state index contributed by atoms with van der Waals surface area (Å²) >= 11 is 0. The van der Waals surface area contributed by atoms with Crippen molar-refractivity contribution in [3.8, 4) is 6.07 Å². The summed E-state index contributed by atoms with van der Waals surface area (Å²) in [6.45, 7) is 4.90. The number of aromatic nitrogens is 4. The van der Waals surface area contributed by atoms with Crippen molar-refractivity contribution in [2.24, 2.45) is 0 Å². The van der Waals surface area contributed by atoms with Gasteiger partial charge in [-0.2, -0.15) is 5.26 Å². The lowest BCUT2D eigenvalue weighted by Gasteiger charge is -2.30. The molecule has 30 heavy (non-hydrogen) atoms. The van der Waals surface area contributed by atoms with E-state index in [1.54, 1.807) is 0 Å². The Balaban J connectivity index is 1.74. The molecule has 3 aromatic heterocycles. The highest BCUT2D eigenvalue weighted by Gasteiger charge is 2.26. The van der Waals surface area contributed by atoms with Gasteiger partial charge >= 0.3 is 0 Å². The van der Waals surface area contributed by atoms with E-state index in [2.05, 4.69) is 39.7 Å². The molecule has 1 saturated heterocycles. The van der Waals surface area contributed by atoms with Gasteiger partial charge in [0.15, 0.2) is 0 Å². The Bertz CT molecular complexity index is 1270. The fourth-order valence-electron chi connectivity index (χ4n) is 4.39. The number of benzene rings is 1. The van der Waals surface area contributed by atoms with Gasteiger partial charge in [0.05, 0.1) is 35.0 Å². The van der Waals surface area contributed by atoms with Crippen LogP contribution in [0, 0.1) is 18.3 Å². The summed E-state index contributed by atoms with van der Waals surface area (Å²) in [5, 5.41) is 10.4. The minimum Gasteiger partial charge on any atom is -0.378 e. The van der Waals surface area contributed by atoms with Crippen molar-refractivity contribution in [1.82, 2.24) is 19.5 Å². The lowest BCUT2D eigenvalue weighted by molar-refractivity contribution is 0.00631. The fourth-order valence-corrected chi connectivity index (χ4v) is 4.39. The summed E-state index contributed by atoms with van der Waals surface area (Å²) in [7, 11) is 0. The Kier molecular flexibility index (Phi) is 4.68. The van der Waals surface area contributed by atoms with Gasteiger partial charge in [-0.15, -0.1) is 0 Å². The number of hydrogen-bond acceptors (Lipinski definition) is 5. The van der Waals surface area contributed by atoms with Crippen LogP contribution in [0.2, 0.25) is 0 Å². The maximum Gasteiger partial charge on any atom is 0.116 e. The topological polar surface area (TPSA) is 76.6 Å². The van der Waals surface area contributed by atoms with E-state index >= 15 is 0 Å². The van der Waals surface area contributed by atoms with Crippen molar-refractivity contribution < 1.29 is 4.74 Å². The van der Waals surface area contributed by atoms with Crippen molar-refractivity contribution in [1.29, 1.82) is 5.26 Å². The summed E-state index contributed by atoms with van der Waals surface area (Å²) in [6.07, 6.45) is 6.46. The third-order valence-corrected chi connectivity index (χ3v) is 5.85. The Morgan fingerprint density at radius 1 is 1.17 bits per heavy atom. The Hall–Kier alpha value is -3.30. The molecule has 0 radical (unpaired) electrons. The van der Waals surface area contributed by atoms with Crippen LogP contribution in [0.5, 0.6) is 0 Å². The molecule has 0 unspecified atom stereocenters. The summed E-state index contributed by atoms with van der Waals surface area (Å²) < 4.78 is 8.17. The van der Waals surface area contributed by atoms with Gasteiger partial charge < -0.3 is 9.30 Å². The standard InChI is InChI=1S/C24H23N5O/c1-15-3-5-18(26-13-15)11-23-28-22-14-27-21-6-4-17(12-25)10-20(21)24(22)29(23)19-7-8-30-16(2)9-19/h3-6,10,13-14,16,19H,7-9,11H2,1-2H3/t16-,19-/m1/s1. The number of nitrogens with zero attached hydrogens (tertiary/aromatic N) is 5. The van der Waals surface area contributed by atoms with E-state index < -0.39 is 0 Å². The molecular formula is C24H23N5O. The third-order valence-electron chi connectivity index (χ3n) is 5.85. The van der Waals surface area contributed by atoms with E-state index in [-0.39, 0.29) is 12.1 Å². The van der Waals surface area contributed by atoms with E-state index in [9.17, 15) is 5.26 Å². The SMILES string of the molecule is Cc1ccc(Cc2nc3cnc4ccc(C#N)cc4c3n2[C@@H]2CCO[C@H](C)C2)nc1. The van der Waals surface area contributed by atoms with Crippen molar-refractivity contribution in [3.05, 3.63) is 65.4 Å². The first kappa shape index (κ1) is 18.7. The summed E-state index contributed by atoms with van der Waals surface area (Å²) in [6, 6.07) is 12.4. The van der Waals surface area contributed by atoms with Gasteiger partial charge in [0, 0.05) is 36.3 Å². The zero-order chi connectivity index (χ0) is 20.7. The van der Waals surface area contributed by atoms with Crippen molar-refractivity contribution in [3.63, 3.8) is 0 Å². The summed E-state index contributed by atoms with van der Waals surface area (Å²) in [4.78, 5) is 14.2. The van der Waals surface area contributed by atoms with Crippen LogP contribution in [-0.4, -0.2) is 32.2 Å².